The molecule has 0 aromatic heterocycles. The van der Waals surface area contributed by atoms with Gasteiger partial charge in [0, 0.05) is 6.54 Å². The third kappa shape index (κ3) is 1.19. The van der Waals surface area contributed by atoms with Gasteiger partial charge in [0.15, 0.2) is 0 Å². The molecule has 2 rings (SSSR count). The molecule has 0 radical (unpaired) electrons. The topological polar surface area (TPSA) is 84.2 Å². The van der Waals surface area contributed by atoms with E-state index in [0.29, 0.717) is 13.0 Å². The second-order valence-electron chi connectivity index (χ2n) is 3.82. The van der Waals surface area contributed by atoms with Gasteiger partial charge in [-0.05, 0) is 6.42 Å². The van der Waals surface area contributed by atoms with E-state index in [9.17, 15) is 15.3 Å². The molecule has 5 nitrogen and oxygen atoms in total. The SMILES string of the molecule is OC[C@@H]1[C@@H](O)[C@@H](O)C2[C@H](O)CCN21. The molecule has 2 aliphatic rings. The predicted octanol–water partition coefficient (Wildman–Crippen LogP) is -2.48. The van der Waals surface area contributed by atoms with Crippen LogP contribution in [0.15, 0.2) is 0 Å². The van der Waals surface area contributed by atoms with Crippen LogP contribution < -0.4 is 0 Å². The summed E-state index contributed by atoms with van der Waals surface area (Å²) >= 11 is 0. The standard InChI is InChI=1S/C8H15NO4/c10-3-4-7(12)8(13)6-5(11)1-2-9(4)6/h4-8,10-13H,1-3H2/t4-,5-,6?,7-,8+/m1/s1. The molecule has 0 spiro atoms. The lowest BCUT2D eigenvalue weighted by Gasteiger charge is -2.22. The third-order valence-corrected chi connectivity index (χ3v) is 3.17. The van der Waals surface area contributed by atoms with E-state index < -0.39 is 30.4 Å². The van der Waals surface area contributed by atoms with Crippen LogP contribution in [0.1, 0.15) is 6.42 Å². The van der Waals surface area contributed by atoms with Crippen molar-refractivity contribution in [2.75, 3.05) is 13.2 Å². The van der Waals surface area contributed by atoms with Crippen molar-refractivity contribution in [3.05, 3.63) is 0 Å². The van der Waals surface area contributed by atoms with Gasteiger partial charge in [-0.2, -0.15) is 0 Å². The first-order valence-electron chi connectivity index (χ1n) is 4.57. The van der Waals surface area contributed by atoms with E-state index in [0.717, 1.165) is 0 Å². The molecule has 2 fully saturated rings. The molecule has 5 atom stereocenters. The minimum atomic E-state index is -0.940. The van der Waals surface area contributed by atoms with Crippen LogP contribution in [0.3, 0.4) is 0 Å². The summed E-state index contributed by atoms with van der Waals surface area (Å²) in [5.41, 5.74) is 0. The van der Waals surface area contributed by atoms with Crippen LogP contribution in [0.5, 0.6) is 0 Å². The maximum Gasteiger partial charge on any atom is 0.0995 e. The van der Waals surface area contributed by atoms with Crippen LogP contribution in [-0.2, 0) is 0 Å². The molecule has 0 aromatic rings. The van der Waals surface area contributed by atoms with Gasteiger partial charge in [-0.3, -0.25) is 4.90 Å². The van der Waals surface area contributed by atoms with Gasteiger partial charge >= 0.3 is 0 Å². The number of nitrogens with zero attached hydrogens (tertiary/aromatic N) is 1. The number of hydrogen-bond acceptors (Lipinski definition) is 5. The van der Waals surface area contributed by atoms with Crippen molar-refractivity contribution in [3.63, 3.8) is 0 Å². The minimum Gasteiger partial charge on any atom is -0.395 e. The molecule has 2 heterocycles. The Kier molecular flexibility index (Phi) is 2.29. The third-order valence-electron chi connectivity index (χ3n) is 3.17. The van der Waals surface area contributed by atoms with Crippen molar-refractivity contribution in [3.8, 4) is 0 Å². The van der Waals surface area contributed by atoms with Gasteiger partial charge in [0.25, 0.3) is 0 Å². The highest BCUT2D eigenvalue weighted by atomic mass is 16.3. The molecule has 0 aromatic carbocycles. The van der Waals surface area contributed by atoms with Gasteiger partial charge in [0.1, 0.15) is 0 Å². The molecule has 0 amide bonds. The van der Waals surface area contributed by atoms with Crippen LogP contribution in [0.25, 0.3) is 0 Å². The molecule has 0 aliphatic carbocycles. The fourth-order valence-electron chi connectivity index (χ4n) is 2.47. The highest BCUT2D eigenvalue weighted by Crippen LogP contribution is 2.33. The molecule has 0 bridgehead atoms. The number of hydrogen-bond donors (Lipinski definition) is 4. The quantitative estimate of drug-likeness (QED) is 0.367. The molecule has 5 heteroatoms. The Labute approximate surface area is 76.2 Å². The minimum absolute atomic E-state index is 0.179. The summed E-state index contributed by atoms with van der Waals surface area (Å²) in [6.07, 6.45) is -1.86. The van der Waals surface area contributed by atoms with Gasteiger partial charge < -0.3 is 20.4 Å². The number of rotatable bonds is 1. The molecule has 4 N–H and O–H groups in total. The smallest absolute Gasteiger partial charge is 0.0995 e. The molecule has 2 saturated heterocycles. The zero-order chi connectivity index (χ0) is 9.59. The van der Waals surface area contributed by atoms with E-state index >= 15 is 0 Å². The Morgan fingerprint density at radius 3 is 2.46 bits per heavy atom. The van der Waals surface area contributed by atoms with Gasteiger partial charge in [0.2, 0.25) is 0 Å². The van der Waals surface area contributed by atoms with Crippen LogP contribution in [0.2, 0.25) is 0 Å². The second kappa shape index (κ2) is 3.18. The predicted molar refractivity (Wildman–Crippen MR) is 44.0 cm³/mol. The van der Waals surface area contributed by atoms with Crippen molar-refractivity contribution in [1.29, 1.82) is 0 Å². The van der Waals surface area contributed by atoms with Crippen molar-refractivity contribution in [1.82, 2.24) is 4.90 Å². The van der Waals surface area contributed by atoms with Crippen molar-refractivity contribution in [2.24, 2.45) is 0 Å². The summed E-state index contributed by atoms with van der Waals surface area (Å²) in [6, 6.07) is -0.815. The Hall–Kier alpha value is -0.200. The largest absolute Gasteiger partial charge is 0.395 e. The van der Waals surface area contributed by atoms with Crippen LogP contribution >= 0.6 is 0 Å². The zero-order valence-electron chi connectivity index (χ0n) is 7.24. The average molecular weight is 189 g/mol. The summed E-state index contributed by atoms with van der Waals surface area (Å²) in [5.74, 6) is 0. The maximum absolute atomic E-state index is 9.58. The van der Waals surface area contributed by atoms with E-state index in [-0.39, 0.29) is 6.61 Å². The van der Waals surface area contributed by atoms with Gasteiger partial charge in [-0.15, -0.1) is 0 Å². The molecule has 13 heavy (non-hydrogen) atoms. The first-order valence-corrected chi connectivity index (χ1v) is 4.57. The normalized spacial score (nSPS) is 51.2. The second-order valence-corrected chi connectivity index (χ2v) is 3.82. The Bertz CT molecular complexity index is 201. The van der Waals surface area contributed by atoms with Crippen molar-refractivity contribution < 1.29 is 20.4 Å². The van der Waals surface area contributed by atoms with Crippen molar-refractivity contribution >= 4 is 0 Å². The molecule has 2 aliphatic heterocycles. The Morgan fingerprint density at radius 2 is 1.85 bits per heavy atom. The maximum atomic E-state index is 9.58. The fraction of sp³-hybridized carbons (Fsp3) is 1.00. The summed E-state index contributed by atoms with van der Waals surface area (Å²) in [6.45, 7) is 0.451. The summed E-state index contributed by atoms with van der Waals surface area (Å²) in [7, 11) is 0. The van der Waals surface area contributed by atoms with E-state index in [1.807, 2.05) is 0 Å². The van der Waals surface area contributed by atoms with E-state index in [1.165, 1.54) is 0 Å². The lowest BCUT2D eigenvalue weighted by molar-refractivity contribution is -0.000895. The monoisotopic (exact) mass is 189 g/mol. The highest BCUT2D eigenvalue weighted by molar-refractivity contribution is 5.06. The van der Waals surface area contributed by atoms with E-state index in [4.69, 9.17) is 5.11 Å². The summed E-state index contributed by atoms with van der Waals surface area (Å²) in [4.78, 5) is 1.79. The van der Waals surface area contributed by atoms with E-state index in [2.05, 4.69) is 0 Å². The Morgan fingerprint density at radius 1 is 1.15 bits per heavy atom. The lowest BCUT2D eigenvalue weighted by atomic mass is 10.0. The molecule has 76 valence electrons. The summed E-state index contributed by atoms with van der Waals surface area (Å²) in [5, 5.41) is 37.6. The highest BCUT2D eigenvalue weighted by Gasteiger charge is 2.52. The molecule has 0 saturated carbocycles. The number of aliphatic hydroxyl groups is 4. The van der Waals surface area contributed by atoms with Crippen LogP contribution in [-0.4, -0.2) is 68.9 Å². The average Bonchev–Trinajstić information content (AvgIpc) is 2.57. The first kappa shape index (κ1) is 9.36. The molecule has 1 unspecified atom stereocenters. The van der Waals surface area contributed by atoms with E-state index in [1.54, 1.807) is 4.90 Å². The van der Waals surface area contributed by atoms with Gasteiger partial charge in [0.05, 0.1) is 37.0 Å². The number of aliphatic hydroxyl groups excluding tert-OH is 4. The number of fused-ring (bicyclic) bond motifs is 1. The first-order chi connectivity index (χ1) is 6.16. The van der Waals surface area contributed by atoms with Gasteiger partial charge in [-0.1, -0.05) is 0 Å². The fourth-order valence-corrected chi connectivity index (χ4v) is 2.47. The zero-order valence-corrected chi connectivity index (χ0v) is 7.24. The van der Waals surface area contributed by atoms with Crippen LogP contribution in [0.4, 0.5) is 0 Å². The lowest BCUT2D eigenvalue weighted by Crippen LogP contribution is -2.39. The van der Waals surface area contributed by atoms with Gasteiger partial charge in [-0.25, -0.2) is 0 Å². The summed E-state index contributed by atoms with van der Waals surface area (Å²) < 4.78 is 0. The van der Waals surface area contributed by atoms with Crippen molar-refractivity contribution in [2.45, 2.75) is 36.8 Å². The van der Waals surface area contributed by atoms with Crippen LogP contribution in [0, 0.1) is 0 Å². The molecular formula is C8H15NO4. The molecular weight excluding hydrogens is 174 g/mol. The Balaban J connectivity index is 2.19.